The molecular formula is C18H26BrNO. The molecule has 1 atom stereocenters. The van der Waals surface area contributed by atoms with Crippen molar-refractivity contribution < 1.29 is 4.79 Å². The van der Waals surface area contributed by atoms with Crippen molar-refractivity contribution >= 4 is 27.5 Å². The largest absolute Gasteiger partial charge is 0.324 e. The van der Waals surface area contributed by atoms with Crippen molar-refractivity contribution in [3.8, 4) is 0 Å². The second-order valence-corrected chi connectivity index (χ2v) is 6.86. The van der Waals surface area contributed by atoms with Crippen molar-refractivity contribution in [1.82, 2.24) is 0 Å². The van der Waals surface area contributed by atoms with E-state index in [4.69, 9.17) is 0 Å². The van der Waals surface area contributed by atoms with Gasteiger partial charge in [0, 0.05) is 4.47 Å². The van der Waals surface area contributed by atoms with Crippen molar-refractivity contribution in [2.75, 3.05) is 5.32 Å². The average Bonchev–Trinajstić information content (AvgIpc) is 2.80. The lowest BCUT2D eigenvalue weighted by Crippen LogP contribution is -2.11. The molecule has 3 heteroatoms. The van der Waals surface area contributed by atoms with Crippen LogP contribution < -0.4 is 5.32 Å². The molecule has 0 aromatic heterocycles. The number of amides is 1. The van der Waals surface area contributed by atoms with Crippen LogP contribution in [0.15, 0.2) is 22.7 Å². The number of benzene rings is 1. The molecule has 1 amide bonds. The summed E-state index contributed by atoms with van der Waals surface area (Å²) < 4.78 is 0.992. The molecule has 0 spiro atoms. The zero-order chi connectivity index (χ0) is 15.1. The number of hydrogen-bond donors (Lipinski definition) is 1. The Morgan fingerprint density at radius 1 is 1.05 bits per heavy atom. The molecule has 1 N–H and O–H groups in total. The first-order valence-electron chi connectivity index (χ1n) is 8.33. The maximum atomic E-state index is 12.1. The molecule has 0 bridgehead atoms. The van der Waals surface area contributed by atoms with E-state index in [2.05, 4.69) is 34.2 Å². The van der Waals surface area contributed by atoms with Crippen LogP contribution in [-0.2, 0) is 4.79 Å². The van der Waals surface area contributed by atoms with Crippen molar-refractivity contribution in [3.63, 3.8) is 0 Å². The third-order valence-corrected chi connectivity index (χ3v) is 4.99. The van der Waals surface area contributed by atoms with Crippen molar-refractivity contribution in [2.24, 2.45) is 0 Å². The first-order chi connectivity index (χ1) is 10.2. The molecule has 1 aromatic carbocycles. The van der Waals surface area contributed by atoms with Crippen LogP contribution in [0.5, 0.6) is 0 Å². The van der Waals surface area contributed by atoms with E-state index >= 15 is 0 Å². The molecular weight excluding hydrogens is 326 g/mol. The number of para-hydroxylation sites is 1. The van der Waals surface area contributed by atoms with E-state index in [1.165, 1.54) is 44.9 Å². The summed E-state index contributed by atoms with van der Waals surface area (Å²) in [5.74, 6) is 0.220. The summed E-state index contributed by atoms with van der Waals surface area (Å²) in [4.78, 5) is 12.1. The monoisotopic (exact) mass is 351 g/mol. The Hall–Kier alpha value is -0.830. The molecule has 0 aliphatic carbocycles. The normalized spacial score (nSPS) is 16.9. The van der Waals surface area contributed by atoms with E-state index < -0.39 is 0 Å². The number of fused-ring (bicyclic) bond motifs is 1. The predicted octanol–water partition coefficient (Wildman–Crippen LogP) is 6.02. The molecule has 0 radical (unpaired) electrons. The summed E-state index contributed by atoms with van der Waals surface area (Å²) in [5.41, 5.74) is 2.14. The summed E-state index contributed by atoms with van der Waals surface area (Å²) in [6.45, 7) is 2.25. The van der Waals surface area contributed by atoms with Gasteiger partial charge in [0.05, 0.1) is 11.6 Å². The smallest absolute Gasteiger partial charge is 0.232 e. The molecule has 21 heavy (non-hydrogen) atoms. The third kappa shape index (κ3) is 4.57. The lowest BCUT2D eigenvalue weighted by atomic mass is 9.94. The summed E-state index contributed by atoms with van der Waals surface area (Å²) in [6, 6.07) is 6.08. The molecule has 1 aliphatic rings. The van der Waals surface area contributed by atoms with Gasteiger partial charge in [0.2, 0.25) is 5.91 Å². The van der Waals surface area contributed by atoms with Gasteiger partial charge >= 0.3 is 0 Å². The fourth-order valence-electron chi connectivity index (χ4n) is 3.08. The molecule has 1 heterocycles. The van der Waals surface area contributed by atoms with Gasteiger partial charge in [-0.25, -0.2) is 0 Å². The van der Waals surface area contributed by atoms with Crippen molar-refractivity contribution in [3.05, 3.63) is 28.2 Å². The minimum absolute atomic E-state index is 0.0533. The maximum Gasteiger partial charge on any atom is 0.232 e. The number of hydrogen-bond acceptors (Lipinski definition) is 1. The van der Waals surface area contributed by atoms with Crippen LogP contribution in [0.25, 0.3) is 0 Å². The van der Waals surface area contributed by atoms with Crippen LogP contribution in [0.2, 0.25) is 0 Å². The van der Waals surface area contributed by atoms with E-state index in [9.17, 15) is 4.79 Å². The first-order valence-corrected chi connectivity index (χ1v) is 9.12. The summed E-state index contributed by atoms with van der Waals surface area (Å²) >= 11 is 3.51. The topological polar surface area (TPSA) is 29.1 Å². The number of carbonyl (C=O) groups excluding carboxylic acids is 1. The van der Waals surface area contributed by atoms with E-state index in [1.54, 1.807) is 0 Å². The second-order valence-electron chi connectivity index (χ2n) is 6.01. The molecule has 1 aliphatic heterocycles. The number of halogens is 1. The predicted molar refractivity (Wildman–Crippen MR) is 92.7 cm³/mol. The van der Waals surface area contributed by atoms with Gasteiger partial charge in [-0.3, -0.25) is 4.79 Å². The van der Waals surface area contributed by atoms with Crippen LogP contribution >= 0.6 is 15.9 Å². The standard InChI is InChI=1S/C18H26BrNO/c1-2-3-4-5-6-7-8-9-11-15-14-12-10-13-16(19)17(14)20-18(15)21/h10,12-13,15H,2-9,11H2,1H3,(H,20,21). The fraction of sp³-hybridized carbons (Fsp3) is 0.611. The van der Waals surface area contributed by atoms with E-state index in [1.807, 2.05) is 12.1 Å². The van der Waals surface area contributed by atoms with Crippen LogP contribution in [0.1, 0.15) is 76.2 Å². The Labute approximate surface area is 136 Å². The molecule has 1 aromatic rings. The Bertz CT molecular complexity index is 472. The fourth-order valence-corrected chi connectivity index (χ4v) is 3.56. The van der Waals surface area contributed by atoms with Gasteiger partial charge in [-0.15, -0.1) is 0 Å². The summed E-state index contributed by atoms with van der Waals surface area (Å²) in [6.07, 6.45) is 11.5. The number of rotatable bonds is 9. The Morgan fingerprint density at radius 2 is 1.71 bits per heavy atom. The van der Waals surface area contributed by atoms with Gasteiger partial charge in [-0.1, -0.05) is 70.4 Å². The van der Waals surface area contributed by atoms with E-state index in [0.29, 0.717) is 0 Å². The number of carbonyl (C=O) groups is 1. The first kappa shape index (κ1) is 16.5. The van der Waals surface area contributed by atoms with Crippen molar-refractivity contribution in [1.29, 1.82) is 0 Å². The lowest BCUT2D eigenvalue weighted by Gasteiger charge is -2.08. The van der Waals surface area contributed by atoms with Gasteiger partial charge in [0.25, 0.3) is 0 Å². The van der Waals surface area contributed by atoms with Crippen LogP contribution in [0, 0.1) is 0 Å². The van der Waals surface area contributed by atoms with E-state index in [0.717, 1.165) is 28.6 Å². The Morgan fingerprint density at radius 3 is 2.43 bits per heavy atom. The molecule has 2 rings (SSSR count). The highest BCUT2D eigenvalue weighted by Crippen LogP contribution is 2.40. The molecule has 0 saturated heterocycles. The van der Waals surface area contributed by atoms with Gasteiger partial charge in [0.15, 0.2) is 0 Å². The number of anilines is 1. The van der Waals surface area contributed by atoms with Crippen LogP contribution in [-0.4, -0.2) is 5.91 Å². The number of nitrogens with one attached hydrogen (secondary N) is 1. The minimum atomic E-state index is 0.0533. The molecule has 1 unspecified atom stereocenters. The molecule has 0 fully saturated rings. The van der Waals surface area contributed by atoms with Gasteiger partial charge in [-0.05, 0) is 34.0 Å². The molecule has 2 nitrogen and oxygen atoms in total. The third-order valence-electron chi connectivity index (χ3n) is 4.33. The van der Waals surface area contributed by atoms with Crippen LogP contribution in [0.3, 0.4) is 0 Å². The molecule has 0 saturated carbocycles. The summed E-state index contributed by atoms with van der Waals surface area (Å²) in [5, 5.41) is 3.01. The average molecular weight is 352 g/mol. The van der Waals surface area contributed by atoms with Crippen molar-refractivity contribution in [2.45, 2.75) is 70.6 Å². The van der Waals surface area contributed by atoms with Gasteiger partial charge in [0.1, 0.15) is 0 Å². The Balaban J connectivity index is 1.70. The highest BCUT2D eigenvalue weighted by atomic mass is 79.9. The highest BCUT2D eigenvalue weighted by molar-refractivity contribution is 9.10. The highest BCUT2D eigenvalue weighted by Gasteiger charge is 2.30. The van der Waals surface area contributed by atoms with Crippen LogP contribution in [0.4, 0.5) is 5.69 Å². The minimum Gasteiger partial charge on any atom is -0.324 e. The SMILES string of the molecule is CCCCCCCCCCC1C(=O)Nc2c(Br)cccc21. The Kier molecular flexibility index (Phi) is 6.75. The summed E-state index contributed by atoms with van der Waals surface area (Å²) in [7, 11) is 0. The quantitative estimate of drug-likeness (QED) is 0.541. The lowest BCUT2D eigenvalue weighted by molar-refractivity contribution is -0.117. The maximum absolute atomic E-state index is 12.1. The zero-order valence-electron chi connectivity index (χ0n) is 13.0. The number of unbranched alkanes of at least 4 members (excludes halogenated alkanes) is 7. The van der Waals surface area contributed by atoms with Gasteiger partial charge in [-0.2, -0.15) is 0 Å². The second kappa shape index (κ2) is 8.57. The van der Waals surface area contributed by atoms with Gasteiger partial charge < -0.3 is 5.32 Å². The molecule has 116 valence electrons. The van der Waals surface area contributed by atoms with E-state index in [-0.39, 0.29) is 11.8 Å². The zero-order valence-corrected chi connectivity index (χ0v) is 14.5.